The summed E-state index contributed by atoms with van der Waals surface area (Å²) in [6.45, 7) is 2.47. The van der Waals surface area contributed by atoms with Gasteiger partial charge in [0.1, 0.15) is 6.54 Å². The second-order valence-corrected chi connectivity index (χ2v) is 7.41. The molecule has 114 valence electrons. The van der Waals surface area contributed by atoms with Gasteiger partial charge < -0.3 is 9.59 Å². The molecule has 0 saturated heterocycles. The summed E-state index contributed by atoms with van der Waals surface area (Å²) < 4.78 is 2.50. The van der Waals surface area contributed by atoms with Crippen molar-refractivity contribution < 1.29 is 9.59 Å². The topological polar surface area (TPSA) is 37.3 Å². The van der Waals surface area contributed by atoms with Crippen LogP contribution in [0.4, 0.5) is 0 Å². The zero-order chi connectivity index (χ0) is 15.9. The van der Waals surface area contributed by atoms with Crippen molar-refractivity contribution in [2.24, 2.45) is 0 Å². The molecule has 0 bridgehead atoms. The predicted octanol–water partition coefficient (Wildman–Crippen LogP) is 3.33. The molecule has 3 rings (SSSR count). The van der Waals surface area contributed by atoms with Crippen molar-refractivity contribution in [2.75, 3.05) is 14.1 Å². The second kappa shape index (κ2) is 5.47. The van der Waals surface area contributed by atoms with Gasteiger partial charge in [0.25, 0.3) is 0 Å². The van der Waals surface area contributed by atoms with E-state index in [2.05, 4.69) is 6.07 Å². The number of rotatable bonds is 3. The minimum Gasteiger partial charge on any atom is -0.345 e. The molecular weight excluding hydrogens is 294 g/mol. The van der Waals surface area contributed by atoms with Crippen LogP contribution in [0, 0.1) is 0 Å². The van der Waals surface area contributed by atoms with Gasteiger partial charge in [-0.25, -0.2) is 0 Å². The molecule has 0 aliphatic carbocycles. The number of nitrogens with zero attached hydrogens (tertiary/aromatic N) is 1. The molecule has 2 aromatic carbocycles. The maximum atomic E-state index is 12.7. The van der Waals surface area contributed by atoms with Crippen LogP contribution in [-0.2, 0) is 6.54 Å². The highest BCUT2D eigenvalue weighted by Crippen LogP contribution is 2.26. The van der Waals surface area contributed by atoms with E-state index >= 15 is 0 Å². The lowest BCUT2D eigenvalue weighted by atomic mass is 10.1. The zero-order valence-electron chi connectivity index (χ0n) is 13.0. The Morgan fingerprint density at radius 3 is 2.50 bits per heavy atom. The first kappa shape index (κ1) is 15.2. The van der Waals surface area contributed by atoms with E-state index in [0.29, 0.717) is 11.0 Å². The zero-order valence-corrected chi connectivity index (χ0v) is 13.9. The predicted molar refractivity (Wildman–Crippen MR) is 93.1 cm³/mol. The average Bonchev–Trinajstić information content (AvgIpc) is 2.48. The number of hydrogen-bond donors (Lipinski definition) is 1. The summed E-state index contributed by atoms with van der Waals surface area (Å²) in [7, 11) is 3.96. The SMILES string of the molecule is CC(O)[N+](C)(C)Cc1ccc2sc3ccccc3c(=O)c2c1. The number of hydrogen-bond acceptors (Lipinski definition) is 3. The first-order chi connectivity index (χ1) is 10.4. The molecule has 0 radical (unpaired) electrons. The van der Waals surface area contributed by atoms with E-state index in [1.54, 1.807) is 18.3 Å². The molecule has 0 aliphatic heterocycles. The van der Waals surface area contributed by atoms with Gasteiger partial charge in [-0.05, 0) is 24.3 Å². The van der Waals surface area contributed by atoms with Crippen molar-refractivity contribution >= 4 is 31.5 Å². The fourth-order valence-corrected chi connectivity index (χ4v) is 3.60. The molecule has 0 amide bonds. The molecule has 1 atom stereocenters. The summed E-state index contributed by atoms with van der Waals surface area (Å²) in [6.07, 6.45) is -0.457. The highest BCUT2D eigenvalue weighted by atomic mass is 32.1. The number of fused-ring (bicyclic) bond motifs is 2. The molecular formula is C18H20NO2S+. The molecule has 1 heterocycles. The van der Waals surface area contributed by atoms with Gasteiger partial charge in [-0.1, -0.05) is 18.2 Å². The van der Waals surface area contributed by atoms with Crippen LogP contribution in [0.3, 0.4) is 0 Å². The van der Waals surface area contributed by atoms with Crippen LogP contribution in [0.5, 0.6) is 0 Å². The van der Waals surface area contributed by atoms with E-state index in [4.69, 9.17) is 0 Å². The van der Waals surface area contributed by atoms with E-state index in [-0.39, 0.29) is 5.43 Å². The molecule has 4 heteroatoms. The smallest absolute Gasteiger partial charge is 0.195 e. The molecule has 1 aromatic heterocycles. The Balaban J connectivity index is 2.16. The number of quaternary nitrogens is 1. The van der Waals surface area contributed by atoms with E-state index in [1.807, 2.05) is 50.5 Å². The maximum Gasteiger partial charge on any atom is 0.195 e. The minimum atomic E-state index is -0.457. The van der Waals surface area contributed by atoms with E-state index in [9.17, 15) is 9.90 Å². The average molecular weight is 314 g/mol. The summed E-state index contributed by atoms with van der Waals surface area (Å²) >= 11 is 1.64. The number of aliphatic hydroxyl groups excluding tert-OH is 1. The van der Waals surface area contributed by atoms with Crippen molar-refractivity contribution in [3.8, 4) is 0 Å². The standard InChI is InChI=1S/C18H20NO2S/c1-12(20)19(2,3)11-13-8-9-17-15(10-13)18(21)14-6-4-5-7-16(14)22-17/h4-10,12,20H,11H2,1-3H3/q+1. The van der Waals surface area contributed by atoms with Crippen molar-refractivity contribution in [1.82, 2.24) is 0 Å². The Kier molecular flexibility index (Phi) is 3.77. The lowest BCUT2D eigenvalue weighted by Gasteiger charge is -2.32. The lowest BCUT2D eigenvalue weighted by Crippen LogP contribution is -2.46. The summed E-state index contributed by atoms with van der Waals surface area (Å²) in [5.41, 5.74) is 1.16. The van der Waals surface area contributed by atoms with Crippen LogP contribution in [0.25, 0.3) is 20.2 Å². The Morgan fingerprint density at radius 1 is 1.09 bits per heavy atom. The molecule has 0 saturated carbocycles. The molecule has 0 spiro atoms. The first-order valence-electron chi connectivity index (χ1n) is 7.34. The van der Waals surface area contributed by atoms with Crippen LogP contribution in [-0.4, -0.2) is 29.9 Å². The van der Waals surface area contributed by atoms with Gasteiger partial charge in [0.05, 0.1) is 14.1 Å². The fourth-order valence-electron chi connectivity index (χ4n) is 2.55. The molecule has 22 heavy (non-hydrogen) atoms. The highest BCUT2D eigenvalue weighted by Gasteiger charge is 2.22. The third-order valence-corrected chi connectivity index (χ3v) is 5.39. The summed E-state index contributed by atoms with van der Waals surface area (Å²) in [4.78, 5) is 12.7. The van der Waals surface area contributed by atoms with Gasteiger partial charge in [-0.15, -0.1) is 11.3 Å². The van der Waals surface area contributed by atoms with Crippen molar-refractivity contribution in [3.05, 3.63) is 58.3 Å². The Labute approximate surface area is 133 Å². The molecule has 3 aromatic rings. The number of benzene rings is 2. The van der Waals surface area contributed by atoms with Crippen LogP contribution < -0.4 is 5.43 Å². The number of aliphatic hydroxyl groups is 1. The lowest BCUT2D eigenvalue weighted by molar-refractivity contribution is -0.946. The van der Waals surface area contributed by atoms with Crippen molar-refractivity contribution in [1.29, 1.82) is 0 Å². The van der Waals surface area contributed by atoms with Crippen LogP contribution in [0.15, 0.2) is 47.3 Å². The minimum absolute atomic E-state index is 0.0913. The van der Waals surface area contributed by atoms with E-state index in [1.165, 1.54) is 0 Å². The van der Waals surface area contributed by atoms with Crippen LogP contribution >= 0.6 is 11.3 Å². The normalized spacial score (nSPS) is 13.6. The molecule has 1 unspecified atom stereocenters. The van der Waals surface area contributed by atoms with Gasteiger partial charge in [0.15, 0.2) is 11.7 Å². The van der Waals surface area contributed by atoms with E-state index in [0.717, 1.165) is 25.7 Å². The first-order valence-corrected chi connectivity index (χ1v) is 8.15. The third kappa shape index (κ3) is 2.65. The van der Waals surface area contributed by atoms with Gasteiger partial charge in [0, 0.05) is 32.7 Å². The van der Waals surface area contributed by atoms with Crippen LogP contribution in [0.1, 0.15) is 12.5 Å². The van der Waals surface area contributed by atoms with Gasteiger partial charge >= 0.3 is 0 Å². The fraction of sp³-hybridized carbons (Fsp3) is 0.278. The van der Waals surface area contributed by atoms with Crippen molar-refractivity contribution in [3.63, 3.8) is 0 Å². The maximum absolute atomic E-state index is 12.7. The summed E-state index contributed by atoms with van der Waals surface area (Å²) in [5.74, 6) is 0. The Bertz CT molecular complexity index is 896. The second-order valence-electron chi connectivity index (χ2n) is 6.33. The summed E-state index contributed by atoms with van der Waals surface area (Å²) in [5, 5.41) is 11.4. The third-order valence-electron chi connectivity index (χ3n) is 4.24. The van der Waals surface area contributed by atoms with Crippen molar-refractivity contribution in [2.45, 2.75) is 19.7 Å². The molecule has 3 nitrogen and oxygen atoms in total. The Morgan fingerprint density at radius 2 is 1.77 bits per heavy atom. The molecule has 0 aliphatic rings. The van der Waals surface area contributed by atoms with Gasteiger partial charge in [-0.3, -0.25) is 4.79 Å². The van der Waals surface area contributed by atoms with Crippen LogP contribution in [0.2, 0.25) is 0 Å². The largest absolute Gasteiger partial charge is 0.345 e. The highest BCUT2D eigenvalue weighted by molar-refractivity contribution is 7.24. The monoisotopic (exact) mass is 314 g/mol. The van der Waals surface area contributed by atoms with Gasteiger partial charge in [-0.2, -0.15) is 0 Å². The van der Waals surface area contributed by atoms with Gasteiger partial charge in [0.2, 0.25) is 0 Å². The summed E-state index contributed by atoms with van der Waals surface area (Å²) in [6, 6.07) is 13.8. The van der Waals surface area contributed by atoms with E-state index < -0.39 is 6.23 Å². The molecule has 0 fully saturated rings. The quantitative estimate of drug-likeness (QED) is 0.457. The Hall–Kier alpha value is -1.75. The molecule has 1 N–H and O–H groups in total.